The zero-order valence-electron chi connectivity index (χ0n) is 9.57. The quantitative estimate of drug-likeness (QED) is 0.812. The molecule has 0 unspecified atom stereocenters. The van der Waals surface area contributed by atoms with Gasteiger partial charge in [-0.3, -0.25) is 0 Å². The van der Waals surface area contributed by atoms with Gasteiger partial charge in [-0.25, -0.2) is 4.98 Å². The van der Waals surface area contributed by atoms with Crippen molar-refractivity contribution in [3.8, 4) is 6.07 Å². The number of nitriles is 1. The van der Waals surface area contributed by atoms with E-state index in [9.17, 15) is 0 Å². The maximum atomic E-state index is 8.82. The molecule has 1 heterocycles. The largest absolute Gasteiger partial charge is 0.323 e. The molecule has 17 heavy (non-hydrogen) atoms. The van der Waals surface area contributed by atoms with Crippen LogP contribution in [0.3, 0.4) is 0 Å². The van der Waals surface area contributed by atoms with Crippen LogP contribution in [0.5, 0.6) is 0 Å². The Labute approximate surface area is 109 Å². The Hall–Kier alpha value is -1.60. The van der Waals surface area contributed by atoms with Crippen molar-refractivity contribution < 1.29 is 0 Å². The van der Waals surface area contributed by atoms with Crippen molar-refractivity contribution in [2.24, 2.45) is 0 Å². The summed E-state index contributed by atoms with van der Waals surface area (Å²) in [4.78, 5) is 4.49. The number of imidazole rings is 1. The van der Waals surface area contributed by atoms with Crippen LogP contribution in [-0.4, -0.2) is 9.55 Å². The molecule has 2 aromatic rings. The molecule has 2 rings (SSSR count). The highest BCUT2D eigenvalue weighted by Gasteiger charge is 2.10. The van der Waals surface area contributed by atoms with Crippen LogP contribution in [0, 0.1) is 11.3 Å². The summed E-state index contributed by atoms with van der Waals surface area (Å²) in [5, 5.41) is 8.82. The average molecular weight is 290 g/mol. The highest BCUT2D eigenvalue weighted by molar-refractivity contribution is 9.10. The van der Waals surface area contributed by atoms with E-state index in [1.54, 1.807) is 0 Å². The van der Waals surface area contributed by atoms with E-state index in [1.807, 2.05) is 29.7 Å². The summed E-state index contributed by atoms with van der Waals surface area (Å²) < 4.78 is 3.04. The minimum atomic E-state index is 0.319. The Morgan fingerprint density at radius 1 is 1.59 bits per heavy atom. The van der Waals surface area contributed by atoms with E-state index < -0.39 is 0 Å². The van der Waals surface area contributed by atoms with Crippen molar-refractivity contribution in [2.45, 2.75) is 19.9 Å². The molecule has 0 amide bonds. The molecule has 0 N–H and O–H groups in total. The van der Waals surface area contributed by atoms with Gasteiger partial charge in [0, 0.05) is 11.0 Å². The molecule has 3 nitrogen and oxygen atoms in total. The fraction of sp³-hybridized carbons (Fsp3) is 0.231. The molecule has 0 saturated carbocycles. The second-order valence-electron chi connectivity index (χ2n) is 4.04. The molecular weight excluding hydrogens is 278 g/mol. The van der Waals surface area contributed by atoms with Gasteiger partial charge in [0.05, 0.1) is 23.5 Å². The molecule has 0 aliphatic heterocycles. The molecule has 86 valence electrons. The standard InChI is InChI=1S/C13H12BrN3/c1-9(2)8-17-12-4-3-10(14)7-11(12)16-13(17)5-6-15/h3-4,7H,1,5,8H2,2H3. The molecule has 0 saturated heterocycles. The lowest BCUT2D eigenvalue weighted by molar-refractivity contribution is 0.759. The van der Waals surface area contributed by atoms with E-state index in [4.69, 9.17) is 5.26 Å². The van der Waals surface area contributed by atoms with Gasteiger partial charge < -0.3 is 4.57 Å². The van der Waals surface area contributed by atoms with Crippen molar-refractivity contribution in [2.75, 3.05) is 0 Å². The van der Waals surface area contributed by atoms with E-state index in [1.165, 1.54) is 0 Å². The maximum Gasteiger partial charge on any atom is 0.124 e. The molecule has 0 bridgehead atoms. The number of halogens is 1. The molecule has 1 aromatic heterocycles. The Bertz CT molecular complexity index is 619. The first-order valence-corrected chi connectivity index (χ1v) is 6.07. The van der Waals surface area contributed by atoms with Gasteiger partial charge in [0.2, 0.25) is 0 Å². The number of nitrogens with zero attached hydrogens (tertiary/aromatic N) is 3. The molecule has 0 spiro atoms. The summed E-state index contributed by atoms with van der Waals surface area (Å²) in [7, 11) is 0. The number of benzene rings is 1. The number of aromatic nitrogens is 2. The van der Waals surface area contributed by atoms with Gasteiger partial charge in [0.1, 0.15) is 5.82 Å². The predicted molar refractivity (Wildman–Crippen MR) is 71.6 cm³/mol. The third kappa shape index (κ3) is 2.40. The summed E-state index contributed by atoms with van der Waals surface area (Å²) in [6.07, 6.45) is 0.319. The predicted octanol–water partition coefficient (Wildman–Crippen LogP) is 3.44. The van der Waals surface area contributed by atoms with Gasteiger partial charge in [0.15, 0.2) is 0 Å². The molecule has 4 heteroatoms. The average Bonchev–Trinajstić information content (AvgIpc) is 2.56. The SMILES string of the molecule is C=C(C)Cn1c(CC#N)nc2cc(Br)ccc21. The molecule has 1 aromatic carbocycles. The summed E-state index contributed by atoms with van der Waals surface area (Å²) >= 11 is 3.42. The van der Waals surface area contributed by atoms with Gasteiger partial charge in [-0.1, -0.05) is 28.1 Å². The Morgan fingerprint density at radius 3 is 3.00 bits per heavy atom. The second kappa shape index (κ2) is 4.72. The number of hydrogen-bond donors (Lipinski definition) is 0. The second-order valence-corrected chi connectivity index (χ2v) is 4.95. The van der Waals surface area contributed by atoms with E-state index in [-0.39, 0.29) is 0 Å². The zero-order valence-corrected chi connectivity index (χ0v) is 11.2. The van der Waals surface area contributed by atoms with Crippen LogP contribution in [0.1, 0.15) is 12.7 Å². The Kier molecular flexibility index (Phi) is 3.30. The van der Waals surface area contributed by atoms with Crippen molar-refractivity contribution in [1.29, 1.82) is 5.26 Å². The Balaban J connectivity index is 2.63. The molecule has 0 aliphatic rings. The van der Waals surface area contributed by atoms with Crippen molar-refractivity contribution in [3.63, 3.8) is 0 Å². The molecule has 0 atom stereocenters. The van der Waals surface area contributed by atoms with Gasteiger partial charge in [-0.2, -0.15) is 5.26 Å². The van der Waals surface area contributed by atoms with E-state index in [2.05, 4.69) is 33.6 Å². The first-order valence-electron chi connectivity index (χ1n) is 5.28. The van der Waals surface area contributed by atoms with Crippen LogP contribution < -0.4 is 0 Å². The minimum absolute atomic E-state index is 0.319. The molecular formula is C13H12BrN3. The zero-order chi connectivity index (χ0) is 12.4. The van der Waals surface area contributed by atoms with Crippen molar-refractivity contribution in [1.82, 2.24) is 9.55 Å². The molecule has 0 aliphatic carbocycles. The molecule has 0 radical (unpaired) electrons. The van der Waals surface area contributed by atoms with Gasteiger partial charge in [-0.15, -0.1) is 0 Å². The Morgan fingerprint density at radius 2 is 2.35 bits per heavy atom. The van der Waals surface area contributed by atoms with Crippen LogP contribution in [0.2, 0.25) is 0 Å². The van der Waals surface area contributed by atoms with Crippen LogP contribution in [0.4, 0.5) is 0 Å². The summed E-state index contributed by atoms with van der Waals surface area (Å²) in [5.41, 5.74) is 3.00. The fourth-order valence-corrected chi connectivity index (χ4v) is 2.15. The number of rotatable bonds is 3. The van der Waals surface area contributed by atoms with Crippen LogP contribution >= 0.6 is 15.9 Å². The highest BCUT2D eigenvalue weighted by Crippen LogP contribution is 2.22. The van der Waals surface area contributed by atoms with E-state index in [0.717, 1.165) is 26.9 Å². The maximum absolute atomic E-state index is 8.82. The van der Waals surface area contributed by atoms with Crippen LogP contribution in [0.15, 0.2) is 34.8 Å². The summed E-state index contributed by atoms with van der Waals surface area (Å²) in [6.45, 7) is 6.59. The lowest BCUT2D eigenvalue weighted by atomic mass is 10.3. The highest BCUT2D eigenvalue weighted by atomic mass is 79.9. The lowest BCUT2D eigenvalue weighted by Gasteiger charge is -2.06. The fourth-order valence-electron chi connectivity index (χ4n) is 1.80. The van der Waals surface area contributed by atoms with Crippen LogP contribution in [-0.2, 0) is 13.0 Å². The van der Waals surface area contributed by atoms with Gasteiger partial charge in [-0.05, 0) is 25.1 Å². The summed E-state index contributed by atoms with van der Waals surface area (Å²) in [6, 6.07) is 8.10. The third-order valence-corrected chi connectivity index (χ3v) is 2.95. The third-order valence-electron chi connectivity index (χ3n) is 2.45. The number of hydrogen-bond acceptors (Lipinski definition) is 2. The summed E-state index contributed by atoms with van der Waals surface area (Å²) in [5.74, 6) is 0.795. The van der Waals surface area contributed by atoms with E-state index in [0.29, 0.717) is 13.0 Å². The number of fused-ring (bicyclic) bond motifs is 1. The smallest absolute Gasteiger partial charge is 0.124 e. The topological polar surface area (TPSA) is 41.6 Å². The lowest BCUT2D eigenvalue weighted by Crippen LogP contribution is -2.03. The van der Waals surface area contributed by atoms with Crippen molar-refractivity contribution >= 4 is 27.0 Å². The number of allylic oxidation sites excluding steroid dienone is 1. The van der Waals surface area contributed by atoms with Crippen molar-refractivity contribution in [3.05, 3.63) is 40.6 Å². The normalized spacial score (nSPS) is 10.4. The van der Waals surface area contributed by atoms with Gasteiger partial charge in [0.25, 0.3) is 0 Å². The van der Waals surface area contributed by atoms with Crippen LogP contribution in [0.25, 0.3) is 11.0 Å². The minimum Gasteiger partial charge on any atom is -0.323 e. The van der Waals surface area contributed by atoms with Gasteiger partial charge >= 0.3 is 0 Å². The first kappa shape index (κ1) is 11.9. The first-order chi connectivity index (χ1) is 8.11. The van der Waals surface area contributed by atoms with E-state index >= 15 is 0 Å². The molecule has 0 fully saturated rings. The monoisotopic (exact) mass is 289 g/mol.